The molecule has 1 aromatic heterocycles. The lowest BCUT2D eigenvalue weighted by Crippen LogP contribution is -2.18. The molecule has 0 saturated heterocycles. The van der Waals surface area contributed by atoms with Crippen molar-refractivity contribution in [1.29, 1.82) is 0 Å². The Labute approximate surface area is 139 Å². The summed E-state index contributed by atoms with van der Waals surface area (Å²) in [5, 5.41) is 2.89. The molecule has 1 heterocycles. The van der Waals surface area contributed by atoms with Crippen LogP contribution < -0.4 is 5.32 Å². The quantitative estimate of drug-likeness (QED) is 0.813. The molecule has 1 aromatic carbocycles. The monoisotopic (exact) mass is 338 g/mol. The first-order valence-corrected chi connectivity index (χ1v) is 7.67. The van der Waals surface area contributed by atoms with Crippen LogP contribution in [0.5, 0.6) is 0 Å². The number of hydrogen-bond acceptors (Lipinski definition) is 4. The van der Waals surface area contributed by atoms with Crippen LogP contribution >= 0.6 is 0 Å². The second-order valence-corrected chi connectivity index (χ2v) is 5.91. The first kappa shape index (κ1) is 18.2. The zero-order valence-corrected chi connectivity index (χ0v) is 14.0. The summed E-state index contributed by atoms with van der Waals surface area (Å²) in [5.41, 5.74) is 0.978. The van der Waals surface area contributed by atoms with E-state index in [9.17, 15) is 13.2 Å². The summed E-state index contributed by atoms with van der Waals surface area (Å²) in [7, 11) is 3.88. The van der Waals surface area contributed by atoms with Crippen molar-refractivity contribution < 1.29 is 13.2 Å². The second kappa shape index (κ2) is 7.61. The van der Waals surface area contributed by atoms with E-state index in [1.807, 2.05) is 38.1 Å². The molecule has 130 valence electrons. The molecular weight excluding hydrogens is 317 g/mol. The molecule has 0 fully saturated rings. The number of nitrogens with zero attached hydrogens (tertiary/aromatic N) is 3. The number of aryl methyl sites for hydroxylation is 1. The van der Waals surface area contributed by atoms with Crippen LogP contribution in [0.2, 0.25) is 0 Å². The number of nitrogens with one attached hydrogen (secondary N) is 1. The van der Waals surface area contributed by atoms with Crippen molar-refractivity contribution in [2.24, 2.45) is 0 Å². The molecule has 7 heteroatoms. The van der Waals surface area contributed by atoms with Crippen molar-refractivity contribution in [3.63, 3.8) is 0 Å². The minimum absolute atomic E-state index is 0.000781. The summed E-state index contributed by atoms with van der Waals surface area (Å²) < 4.78 is 39.3. The first-order valence-electron chi connectivity index (χ1n) is 7.67. The standard InChI is InChI=1S/C17H21F3N4/c1-12-5-7-13(8-6-12)14-11-15(17(18,19)20)23-16(22-14)21-9-4-10-24(2)3/h5-8,11H,4,9-10H2,1-3H3,(H,21,22,23). The molecule has 0 aliphatic rings. The summed E-state index contributed by atoms with van der Waals surface area (Å²) in [6.07, 6.45) is -3.73. The van der Waals surface area contributed by atoms with Crippen LogP contribution in [0.4, 0.5) is 19.1 Å². The van der Waals surface area contributed by atoms with Crippen LogP contribution in [-0.4, -0.2) is 42.1 Å². The van der Waals surface area contributed by atoms with Crippen LogP contribution in [-0.2, 0) is 6.18 Å². The van der Waals surface area contributed by atoms with Gasteiger partial charge in [0.25, 0.3) is 0 Å². The van der Waals surface area contributed by atoms with Gasteiger partial charge in [-0.3, -0.25) is 0 Å². The lowest BCUT2D eigenvalue weighted by atomic mass is 10.1. The zero-order valence-electron chi connectivity index (χ0n) is 14.0. The topological polar surface area (TPSA) is 41.1 Å². The highest BCUT2D eigenvalue weighted by molar-refractivity contribution is 5.61. The maximum atomic E-state index is 13.1. The molecule has 24 heavy (non-hydrogen) atoms. The molecule has 4 nitrogen and oxygen atoms in total. The Morgan fingerprint density at radius 1 is 1.08 bits per heavy atom. The maximum Gasteiger partial charge on any atom is 0.433 e. The highest BCUT2D eigenvalue weighted by Crippen LogP contribution is 2.31. The van der Waals surface area contributed by atoms with Crippen molar-refractivity contribution in [2.75, 3.05) is 32.5 Å². The molecule has 2 aromatic rings. The molecule has 0 saturated carbocycles. The summed E-state index contributed by atoms with van der Waals surface area (Å²) in [4.78, 5) is 9.84. The first-order chi connectivity index (χ1) is 11.3. The van der Waals surface area contributed by atoms with Crippen LogP contribution in [0.15, 0.2) is 30.3 Å². The lowest BCUT2D eigenvalue weighted by Gasteiger charge is -2.13. The molecule has 0 amide bonds. The fraction of sp³-hybridized carbons (Fsp3) is 0.412. The fourth-order valence-electron chi connectivity index (χ4n) is 2.14. The average Bonchev–Trinajstić information content (AvgIpc) is 2.51. The molecule has 2 rings (SSSR count). The Bertz CT molecular complexity index is 667. The third-order valence-electron chi connectivity index (χ3n) is 3.43. The number of rotatable bonds is 6. The summed E-state index contributed by atoms with van der Waals surface area (Å²) in [6.45, 7) is 3.26. The van der Waals surface area contributed by atoms with Gasteiger partial charge in [-0.15, -0.1) is 0 Å². The molecular formula is C17H21F3N4. The van der Waals surface area contributed by atoms with Crippen molar-refractivity contribution in [3.05, 3.63) is 41.6 Å². The van der Waals surface area contributed by atoms with E-state index in [-0.39, 0.29) is 11.6 Å². The normalized spacial score (nSPS) is 11.8. The van der Waals surface area contributed by atoms with Gasteiger partial charge in [0.1, 0.15) is 0 Å². The van der Waals surface area contributed by atoms with Crippen LogP contribution in [0.1, 0.15) is 17.7 Å². The number of alkyl halides is 3. The van der Waals surface area contributed by atoms with Crippen LogP contribution in [0.3, 0.4) is 0 Å². The van der Waals surface area contributed by atoms with E-state index in [0.717, 1.165) is 24.6 Å². The van der Waals surface area contributed by atoms with E-state index in [1.165, 1.54) is 0 Å². The Morgan fingerprint density at radius 2 is 1.75 bits per heavy atom. The predicted molar refractivity (Wildman–Crippen MR) is 88.9 cm³/mol. The Kier molecular flexibility index (Phi) is 5.77. The van der Waals surface area contributed by atoms with Crippen molar-refractivity contribution in [2.45, 2.75) is 19.5 Å². The van der Waals surface area contributed by atoms with Gasteiger partial charge in [0.05, 0.1) is 5.69 Å². The Balaban J connectivity index is 2.26. The number of aromatic nitrogens is 2. The molecule has 0 radical (unpaired) electrons. The Morgan fingerprint density at radius 3 is 2.33 bits per heavy atom. The number of benzene rings is 1. The SMILES string of the molecule is Cc1ccc(-c2cc(C(F)(F)F)nc(NCCCN(C)C)n2)cc1. The minimum Gasteiger partial charge on any atom is -0.354 e. The molecule has 0 aliphatic carbocycles. The summed E-state index contributed by atoms with van der Waals surface area (Å²) in [6, 6.07) is 8.18. The highest BCUT2D eigenvalue weighted by atomic mass is 19.4. The van der Waals surface area contributed by atoms with Gasteiger partial charge >= 0.3 is 6.18 Å². The molecule has 0 spiro atoms. The predicted octanol–water partition coefficient (Wildman–Crippen LogP) is 3.83. The molecule has 0 unspecified atom stereocenters. The second-order valence-electron chi connectivity index (χ2n) is 5.91. The van der Waals surface area contributed by atoms with Crippen molar-refractivity contribution in [1.82, 2.24) is 14.9 Å². The third-order valence-corrected chi connectivity index (χ3v) is 3.43. The smallest absolute Gasteiger partial charge is 0.354 e. The largest absolute Gasteiger partial charge is 0.433 e. The number of hydrogen-bond donors (Lipinski definition) is 1. The van der Waals surface area contributed by atoms with Gasteiger partial charge in [0, 0.05) is 12.1 Å². The summed E-state index contributed by atoms with van der Waals surface area (Å²) in [5.74, 6) is -0.000781. The number of anilines is 1. The van der Waals surface area contributed by atoms with Crippen molar-refractivity contribution >= 4 is 5.95 Å². The van der Waals surface area contributed by atoms with E-state index in [4.69, 9.17) is 0 Å². The molecule has 0 aliphatic heterocycles. The number of halogens is 3. The van der Waals surface area contributed by atoms with E-state index < -0.39 is 11.9 Å². The molecule has 0 atom stereocenters. The Hall–Kier alpha value is -2.15. The molecule has 0 bridgehead atoms. The maximum absolute atomic E-state index is 13.1. The van der Waals surface area contributed by atoms with E-state index in [1.54, 1.807) is 12.1 Å². The highest BCUT2D eigenvalue weighted by Gasteiger charge is 2.33. The minimum atomic E-state index is -4.51. The van der Waals surface area contributed by atoms with Gasteiger partial charge in [-0.25, -0.2) is 9.97 Å². The third kappa shape index (κ3) is 5.19. The van der Waals surface area contributed by atoms with Gasteiger partial charge < -0.3 is 10.2 Å². The van der Waals surface area contributed by atoms with E-state index >= 15 is 0 Å². The molecule has 1 N–H and O–H groups in total. The van der Waals surface area contributed by atoms with E-state index in [2.05, 4.69) is 15.3 Å². The van der Waals surface area contributed by atoms with E-state index in [0.29, 0.717) is 12.1 Å². The van der Waals surface area contributed by atoms with Gasteiger partial charge in [-0.05, 0) is 40.1 Å². The van der Waals surface area contributed by atoms with Gasteiger partial charge in [0.15, 0.2) is 5.69 Å². The van der Waals surface area contributed by atoms with Gasteiger partial charge in [-0.2, -0.15) is 13.2 Å². The van der Waals surface area contributed by atoms with Crippen LogP contribution in [0, 0.1) is 6.92 Å². The fourth-order valence-corrected chi connectivity index (χ4v) is 2.14. The van der Waals surface area contributed by atoms with Gasteiger partial charge in [-0.1, -0.05) is 29.8 Å². The van der Waals surface area contributed by atoms with Gasteiger partial charge in [0.2, 0.25) is 5.95 Å². The van der Waals surface area contributed by atoms with Crippen molar-refractivity contribution in [3.8, 4) is 11.3 Å². The zero-order chi connectivity index (χ0) is 17.7. The average molecular weight is 338 g/mol. The summed E-state index contributed by atoms with van der Waals surface area (Å²) >= 11 is 0. The lowest BCUT2D eigenvalue weighted by molar-refractivity contribution is -0.141. The van der Waals surface area contributed by atoms with Crippen LogP contribution in [0.25, 0.3) is 11.3 Å².